The number of rotatable bonds is 13. The number of β-amino-alcohol motifs (C(OH)–C–C–N with tert-alkyl or cyclic N) is 1. The molecule has 2 aromatic rings. The van der Waals surface area contributed by atoms with Crippen LogP contribution in [0.1, 0.15) is 68.9 Å². The lowest BCUT2D eigenvalue weighted by Crippen LogP contribution is -2.45. The van der Waals surface area contributed by atoms with Gasteiger partial charge in [-0.15, -0.1) is 0 Å². The van der Waals surface area contributed by atoms with Crippen molar-refractivity contribution < 1.29 is 23.8 Å². The smallest absolute Gasteiger partial charge is 0.306 e. The van der Waals surface area contributed by atoms with E-state index in [0.717, 1.165) is 19.3 Å². The van der Waals surface area contributed by atoms with Crippen LogP contribution in [0.4, 0.5) is 4.39 Å². The van der Waals surface area contributed by atoms with Gasteiger partial charge in [0.25, 0.3) is 0 Å². The zero-order chi connectivity index (χ0) is 25.4. The molecule has 2 aromatic carbocycles. The first-order chi connectivity index (χ1) is 16.7. The Kier molecular flexibility index (Phi) is 9.84. The lowest BCUT2D eigenvalue weighted by atomic mass is 9.88. The predicted octanol–water partition coefficient (Wildman–Crippen LogP) is 4.93. The number of ether oxygens (including phenoxy) is 2. The van der Waals surface area contributed by atoms with E-state index in [2.05, 4.69) is 43.4 Å². The van der Waals surface area contributed by atoms with Crippen molar-refractivity contribution in [1.29, 1.82) is 0 Å². The van der Waals surface area contributed by atoms with Crippen LogP contribution in [0, 0.1) is 11.7 Å². The van der Waals surface area contributed by atoms with Crippen LogP contribution in [0.3, 0.4) is 0 Å². The summed E-state index contributed by atoms with van der Waals surface area (Å²) in [6, 6.07) is 13.5. The molecule has 1 aliphatic rings. The summed E-state index contributed by atoms with van der Waals surface area (Å²) in [5.41, 5.74) is 3.95. The van der Waals surface area contributed by atoms with Gasteiger partial charge in [-0.1, -0.05) is 36.4 Å². The topological polar surface area (TPSA) is 67.8 Å². The quantitative estimate of drug-likeness (QED) is 0.394. The van der Waals surface area contributed by atoms with E-state index < -0.39 is 12.2 Å². The third-order valence-corrected chi connectivity index (χ3v) is 6.77. The third-order valence-electron chi connectivity index (χ3n) is 6.77. The number of esters is 1. The molecule has 0 bridgehead atoms. The number of benzene rings is 2. The number of aliphatic hydroxyl groups excluding tert-OH is 1. The van der Waals surface area contributed by atoms with Gasteiger partial charge in [-0.2, -0.15) is 0 Å². The molecule has 0 heterocycles. The van der Waals surface area contributed by atoms with Gasteiger partial charge < -0.3 is 19.9 Å². The molecule has 1 aliphatic carbocycles. The number of hydrogen-bond acceptors (Lipinski definition) is 5. The number of halogens is 1. The second-order valence-electron chi connectivity index (χ2n) is 10.3. The fourth-order valence-electron chi connectivity index (χ4n) is 5.07. The van der Waals surface area contributed by atoms with Crippen molar-refractivity contribution in [2.75, 3.05) is 19.8 Å². The Bertz CT molecular complexity index is 952. The molecule has 6 heteroatoms. The van der Waals surface area contributed by atoms with Crippen LogP contribution in [0.5, 0.6) is 0 Å². The fourth-order valence-corrected chi connectivity index (χ4v) is 5.07. The highest BCUT2D eigenvalue weighted by molar-refractivity contribution is 5.69. The molecule has 5 nitrogen and oxygen atoms in total. The summed E-state index contributed by atoms with van der Waals surface area (Å²) in [6.45, 7) is 8.79. The molecule has 2 N–H and O–H groups in total. The van der Waals surface area contributed by atoms with E-state index >= 15 is 0 Å². The Morgan fingerprint density at radius 2 is 1.86 bits per heavy atom. The van der Waals surface area contributed by atoms with Crippen molar-refractivity contribution >= 4 is 5.97 Å². The van der Waals surface area contributed by atoms with Gasteiger partial charge in [0.2, 0.25) is 0 Å². The number of fused-ring (bicyclic) bond motifs is 1. The number of carbonyl (C=O) groups is 1. The Balaban J connectivity index is 1.46. The Hall–Kier alpha value is -2.28. The molecule has 0 aromatic heterocycles. The Morgan fingerprint density at radius 1 is 1.17 bits per heavy atom. The van der Waals surface area contributed by atoms with E-state index in [0.29, 0.717) is 30.2 Å². The Morgan fingerprint density at radius 3 is 2.51 bits per heavy atom. The van der Waals surface area contributed by atoms with E-state index in [1.165, 1.54) is 17.2 Å². The SMILES string of the molecule is CCOC(=O)CCc1c(F)cccc1[C@@H](C)OC[C@@H](O)CNC(C)(C)CC1Cc2ccccc2C1. The number of carbonyl (C=O) groups excluding carboxylic acids is 1. The first-order valence-electron chi connectivity index (χ1n) is 12.7. The average Bonchev–Trinajstić information content (AvgIpc) is 3.22. The van der Waals surface area contributed by atoms with Crippen LogP contribution < -0.4 is 5.32 Å². The minimum Gasteiger partial charge on any atom is -0.466 e. The van der Waals surface area contributed by atoms with E-state index in [1.807, 2.05) is 13.0 Å². The summed E-state index contributed by atoms with van der Waals surface area (Å²) in [5, 5.41) is 14.0. The lowest BCUT2D eigenvalue weighted by Gasteiger charge is -2.31. The normalized spacial score (nSPS) is 15.6. The third kappa shape index (κ3) is 8.13. The van der Waals surface area contributed by atoms with E-state index in [-0.39, 0.29) is 36.8 Å². The van der Waals surface area contributed by atoms with Crippen LogP contribution in [-0.4, -0.2) is 42.5 Å². The molecule has 2 atom stereocenters. The summed E-state index contributed by atoms with van der Waals surface area (Å²) >= 11 is 0. The minimum absolute atomic E-state index is 0.109. The molecular formula is C29H40FNO4. The summed E-state index contributed by atoms with van der Waals surface area (Å²) in [4.78, 5) is 11.7. The van der Waals surface area contributed by atoms with Crippen molar-refractivity contribution in [3.63, 3.8) is 0 Å². The highest BCUT2D eigenvalue weighted by atomic mass is 19.1. The van der Waals surface area contributed by atoms with Crippen molar-refractivity contribution in [3.8, 4) is 0 Å². The molecule has 35 heavy (non-hydrogen) atoms. The maximum absolute atomic E-state index is 14.5. The average molecular weight is 486 g/mol. The molecule has 0 saturated carbocycles. The fraction of sp³-hybridized carbons (Fsp3) is 0.552. The van der Waals surface area contributed by atoms with Crippen LogP contribution in [0.15, 0.2) is 42.5 Å². The van der Waals surface area contributed by atoms with Crippen LogP contribution in [-0.2, 0) is 33.5 Å². The zero-order valence-electron chi connectivity index (χ0n) is 21.5. The van der Waals surface area contributed by atoms with Gasteiger partial charge in [0.15, 0.2) is 0 Å². The summed E-state index contributed by atoms with van der Waals surface area (Å²) < 4.78 is 25.4. The second kappa shape index (κ2) is 12.6. The molecule has 0 amide bonds. The molecule has 0 fully saturated rings. The van der Waals surface area contributed by atoms with Crippen LogP contribution in [0.2, 0.25) is 0 Å². The van der Waals surface area contributed by atoms with Gasteiger partial charge in [0.05, 0.1) is 25.4 Å². The van der Waals surface area contributed by atoms with Crippen molar-refractivity contribution in [1.82, 2.24) is 5.32 Å². The monoisotopic (exact) mass is 485 g/mol. The van der Waals surface area contributed by atoms with Crippen molar-refractivity contribution in [3.05, 3.63) is 70.5 Å². The second-order valence-corrected chi connectivity index (χ2v) is 10.3. The highest BCUT2D eigenvalue weighted by Crippen LogP contribution is 2.32. The van der Waals surface area contributed by atoms with Gasteiger partial charge in [0, 0.05) is 18.5 Å². The summed E-state index contributed by atoms with van der Waals surface area (Å²) in [7, 11) is 0. The standard InChI is InChI=1S/C29H40FNO4/c1-5-34-28(33)14-13-26-25(11-8-12-27(26)30)20(2)35-19-24(32)18-31-29(3,4)17-21-15-22-9-6-7-10-23(22)16-21/h6-12,20-21,24,31-32H,5,13-19H2,1-4H3/t20-,24+/m1/s1. The first-order valence-corrected chi connectivity index (χ1v) is 12.7. The Labute approximate surface area is 209 Å². The first kappa shape index (κ1) is 27.3. The van der Waals surface area contributed by atoms with Crippen molar-refractivity contribution in [2.24, 2.45) is 5.92 Å². The number of nitrogens with one attached hydrogen (secondary N) is 1. The summed E-state index contributed by atoms with van der Waals surface area (Å²) in [5.74, 6) is -0.106. The largest absolute Gasteiger partial charge is 0.466 e. The molecule has 0 spiro atoms. The molecule has 0 saturated heterocycles. The predicted molar refractivity (Wildman–Crippen MR) is 136 cm³/mol. The molecule has 0 aliphatic heterocycles. The van der Waals surface area contributed by atoms with Crippen LogP contribution >= 0.6 is 0 Å². The van der Waals surface area contributed by atoms with Crippen molar-refractivity contribution in [2.45, 2.75) is 77.5 Å². The van der Waals surface area contributed by atoms with Gasteiger partial charge >= 0.3 is 5.97 Å². The highest BCUT2D eigenvalue weighted by Gasteiger charge is 2.28. The van der Waals surface area contributed by atoms with Crippen LogP contribution in [0.25, 0.3) is 0 Å². The van der Waals surface area contributed by atoms with Gasteiger partial charge in [-0.3, -0.25) is 4.79 Å². The van der Waals surface area contributed by atoms with E-state index in [4.69, 9.17) is 9.47 Å². The van der Waals surface area contributed by atoms with Gasteiger partial charge in [-0.05, 0) is 87.6 Å². The molecular weight excluding hydrogens is 445 g/mol. The molecule has 0 unspecified atom stereocenters. The molecule has 0 radical (unpaired) electrons. The van der Waals surface area contributed by atoms with Gasteiger partial charge in [-0.25, -0.2) is 4.39 Å². The van der Waals surface area contributed by atoms with E-state index in [1.54, 1.807) is 13.0 Å². The summed E-state index contributed by atoms with van der Waals surface area (Å²) in [6.07, 6.45) is 2.50. The molecule has 3 rings (SSSR count). The minimum atomic E-state index is -0.686. The van der Waals surface area contributed by atoms with Gasteiger partial charge in [0.1, 0.15) is 5.82 Å². The lowest BCUT2D eigenvalue weighted by molar-refractivity contribution is -0.143. The maximum Gasteiger partial charge on any atom is 0.306 e. The zero-order valence-corrected chi connectivity index (χ0v) is 21.5. The maximum atomic E-state index is 14.5. The number of aliphatic hydroxyl groups is 1. The molecule has 192 valence electrons. The number of hydrogen-bond donors (Lipinski definition) is 2. The van der Waals surface area contributed by atoms with E-state index in [9.17, 15) is 14.3 Å².